The fourth-order valence-corrected chi connectivity index (χ4v) is 10.1. The van der Waals surface area contributed by atoms with Crippen molar-refractivity contribution in [2.24, 2.45) is 34.5 Å². The van der Waals surface area contributed by atoms with Crippen molar-refractivity contribution < 1.29 is 34.3 Å². The molecule has 2 heterocycles. The number of fused-ring (bicyclic) bond motifs is 10. The molecule has 202 valence electrons. The van der Waals surface area contributed by atoms with E-state index in [4.69, 9.17) is 14.2 Å². The molecule has 0 aromatic rings. The minimum atomic E-state index is -1.27. The predicted octanol–water partition coefficient (Wildman–Crippen LogP) is 3.48. The lowest BCUT2D eigenvalue weighted by atomic mass is 9.46. The van der Waals surface area contributed by atoms with Crippen molar-refractivity contribution in [3.05, 3.63) is 11.6 Å². The van der Waals surface area contributed by atoms with Crippen LogP contribution in [0.4, 0.5) is 0 Å². The van der Waals surface area contributed by atoms with E-state index in [0.29, 0.717) is 18.8 Å². The summed E-state index contributed by atoms with van der Waals surface area (Å²) in [6, 6.07) is 0. The van der Waals surface area contributed by atoms with Gasteiger partial charge in [-0.25, -0.2) is 0 Å². The summed E-state index contributed by atoms with van der Waals surface area (Å²) in [5.41, 5.74) is -0.983. The van der Waals surface area contributed by atoms with Crippen LogP contribution in [0.3, 0.4) is 0 Å². The first-order chi connectivity index (χ1) is 16.6. The highest BCUT2D eigenvalue weighted by Gasteiger charge is 2.76. The maximum atomic E-state index is 12.1. The SMILES string of the molecule is CC(=O)O[C@@H]1C[C@]2(C(C)(C)O)O[C@H]3C[C@H]4[C@@H]5[C@H](O)C=C6C[C@@H](O)CC[C@]6(C)[C@H]5CC[C@]4(C)[C@H]3[C@@]1(C)O2. The number of rotatable bonds is 2. The van der Waals surface area contributed by atoms with Crippen LogP contribution in [0.25, 0.3) is 0 Å². The number of ether oxygens (including phenoxy) is 3. The smallest absolute Gasteiger partial charge is 0.303 e. The Labute approximate surface area is 214 Å². The van der Waals surface area contributed by atoms with Crippen LogP contribution in [0.1, 0.15) is 86.5 Å². The second-order valence-electron chi connectivity index (χ2n) is 14.1. The molecule has 5 fully saturated rings. The summed E-state index contributed by atoms with van der Waals surface area (Å²) < 4.78 is 19.3. The number of hydrogen-bond acceptors (Lipinski definition) is 7. The number of hydrogen-bond donors (Lipinski definition) is 3. The average molecular weight is 505 g/mol. The second-order valence-corrected chi connectivity index (χ2v) is 14.1. The predicted molar refractivity (Wildman–Crippen MR) is 132 cm³/mol. The van der Waals surface area contributed by atoms with E-state index in [2.05, 4.69) is 19.9 Å². The number of carbonyl (C=O) groups is 1. The highest BCUT2D eigenvalue weighted by Crippen LogP contribution is 2.72. The van der Waals surface area contributed by atoms with E-state index < -0.39 is 29.2 Å². The molecule has 2 aliphatic heterocycles. The van der Waals surface area contributed by atoms with Gasteiger partial charge in [-0.1, -0.05) is 25.5 Å². The minimum Gasteiger partial charge on any atom is -0.459 e. The molecule has 0 radical (unpaired) electrons. The van der Waals surface area contributed by atoms with E-state index in [-0.39, 0.29) is 46.8 Å². The van der Waals surface area contributed by atoms with Gasteiger partial charge in [0.25, 0.3) is 0 Å². The third kappa shape index (κ3) is 3.13. The molecule has 2 bridgehead atoms. The number of carbonyl (C=O) groups excluding carboxylic acids is 1. The number of esters is 1. The maximum absolute atomic E-state index is 12.1. The molecular formula is C29H44O7. The van der Waals surface area contributed by atoms with Gasteiger partial charge in [0.05, 0.1) is 18.3 Å². The zero-order chi connectivity index (χ0) is 26.1. The van der Waals surface area contributed by atoms with Crippen molar-refractivity contribution in [1.29, 1.82) is 0 Å². The van der Waals surface area contributed by atoms with Crippen molar-refractivity contribution in [2.45, 2.75) is 128 Å². The minimum absolute atomic E-state index is 0.00702. The fraction of sp³-hybridized carbons (Fsp3) is 0.897. The molecule has 0 aromatic carbocycles. The monoisotopic (exact) mass is 504 g/mol. The van der Waals surface area contributed by atoms with Crippen molar-refractivity contribution in [3.63, 3.8) is 0 Å². The molecule has 0 spiro atoms. The average Bonchev–Trinajstić information content (AvgIpc) is 3.18. The van der Waals surface area contributed by atoms with Crippen LogP contribution in [-0.4, -0.2) is 62.7 Å². The van der Waals surface area contributed by atoms with E-state index in [9.17, 15) is 20.1 Å². The third-order valence-electron chi connectivity index (χ3n) is 11.8. The Kier molecular flexibility index (Phi) is 5.31. The molecule has 6 aliphatic rings. The van der Waals surface area contributed by atoms with E-state index >= 15 is 0 Å². The lowest BCUT2D eigenvalue weighted by molar-refractivity contribution is -0.384. The third-order valence-corrected chi connectivity index (χ3v) is 11.8. The molecule has 0 unspecified atom stereocenters. The molecule has 0 aromatic heterocycles. The van der Waals surface area contributed by atoms with Crippen LogP contribution in [-0.2, 0) is 19.0 Å². The van der Waals surface area contributed by atoms with Gasteiger partial charge in [0.2, 0.25) is 5.79 Å². The molecule has 12 atom stereocenters. The zero-order valence-electron chi connectivity index (χ0n) is 22.6. The van der Waals surface area contributed by atoms with Gasteiger partial charge in [-0.05, 0) is 87.9 Å². The van der Waals surface area contributed by atoms with Crippen LogP contribution < -0.4 is 0 Å². The highest BCUT2D eigenvalue weighted by molar-refractivity contribution is 5.66. The summed E-state index contributed by atoms with van der Waals surface area (Å²) in [6.07, 6.45) is 6.07. The quantitative estimate of drug-likeness (QED) is 0.391. The highest BCUT2D eigenvalue weighted by atomic mass is 16.8. The van der Waals surface area contributed by atoms with E-state index in [1.165, 1.54) is 12.5 Å². The van der Waals surface area contributed by atoms with Gasteiger partial charge in [-0.15, -0.1) is 0 Å². The molecular weight excluding hydrogens is 460 g/mol. The molecule has 6 rings (SSSR count). The Morgan fingerprint density at radius 1 is 1.14 bits per heavy atom. The lowest BCUT2D eigenvalue weighted by Crippen LogP contribution is -2.64. The van der Waals surface area contributed by atoms with E-state index in [1.807, 2.05) is 6.92 Å². The van der Waals surface area contributed by atoms with E-state index in [0.717, 1.165) is 32.1 Å². The Morgan fingerprint density at radius 3 is 2.53 bits per heavy atom. The summed E-state index contributed by atoms with van der Waals surface area (Å²) in [7, 11) is 0. The molecule has 7 nitrogen and oxygen atoms in total. The summed E-state index contributed by atoms with van der Waals surface area (Å²) >= 11 is 0. The van der Waals surface area contributed by atoms with Crippen LogP contribution in [0.15, 0.2) is 11.6 Å². The van der Waals surface area contributed by atoms with Gasteiger partial charge < -0.3 is 29.5 Å². The Morgan fingerprint density at radius 2 is 1.86 bits per heavy atom. The van der Waals surface area contributed by atoms with Crippen LogP contribution in [0.2, 0.25) is 0 Å². The van der Waals surface area contributed by atoms with Crippen molar-refractivity contribution in [2.75, 3.05) is 0 Å². The van der Waals surface area contributed by atoms with Crippen LogP contribution >= 0.6 is 0 Å². The summed E-state index contributed by atoms with van der Waals surface area (Å²) in [4.78, 5) is 12.1. The Hall–Kier alpha value is -0.990. The molecule has 0 amide bonds. The van der Waals surface area contributed by atoms with Gasteiger partial charge in [-0.2, -0.15) is 0 Å². The maximum Gasteiger partial charge on any atom is 0.303 e. The second kappa shape index (κ2) is 7.56. The lowest BCUT2D eigenvalue weighted by Gasteiger charge is -2.60. The Balaban J connectivity index is 1.41. The molecule has 3 saturated carbocycles. The fourth-order valence-electron chi connectivity index (χ4n) is 10.1. The van der Waals surface area contributed by atoms with Crippen molar-refractivity contribution >= 4 is 5.97 Å². The summed E-state index contributed by atoms with van der Waals surface area (Å²) in [5.74, 6) is -0.922. The zero-order valence-corrected chi connectivity index (χ0v) is 22.6. The molecule has 3 N–H and O–H groups in total. The van der Waals surface area contributed by atoms with Crippen LogP contribution in [0.5, 0.6) is 0 Å². The number of aliphatic hydroxyl groups excluding tert-OH is 2. The van der Waals surface area contributed by atoms with Crippen LogP contribution in [0, 0.1) is 34.5 Å². The molecule has 7 heteroatoms. The first kappa shape index (κ1) is 25.3. The number of aliphatic hydroxyl groups is 3. The molecule has 4 aliphatic carbocycles. The van der Waals surface area contributed by atoms with Gasteiger partial charge in [-0.3, -0.25) is 4.79 Å². The van der Waals surface area contributed by atoms with Crippen molar-refractivity contribution in [1.82, 2.24) is 0 Å². The first-order valence-electron chi connectivity index (χ1n) is 14.0. The Bertz CT molecular complexity index is 987. The van der Waals surface area contributed by atoms with Gasteiger partial charge >= 0.3 is 5.97 Å². The summed E-state index contributed by atoms with van der Waals surface area (Å²) in [6.45, 7) is 11.6. The van der Waals surface area contributed by atoms with E-state index in [1.54, 1.807) is 13.8 Å². The molecule has 36 heavy (non-hydrogen) atoms. The first-order valence-corrected chi connectivity index (χ1v) is 14.0. The summed E-state index contributed by atoms with van der Waals surface area (Å²) in [5, 5.41) is 33.1. The largest absolute Gasteiger partial charge is 0.459 e. The van der Waals surface area contributed by atoms with Gasteiger partial charge in [0.15, 0.2) is 0 Å². The standard InChI is InChI=1S/C29H44O7/c1-15(30)34-22-14-29(25(2,3)33)35-21-13-19-23-18(8-10-27(19,5)24(21)28(22,6)36-29)26(4)9-7-17(31)11-16(26)12-20(23)32/h12,17-24,31-33H,7-11,13-14H2,1-6H3/t17-,18-,19-,20+,21-,22+,23+,24-,26-,27-,28-,29-/m0/s1. The normalized spacial score (nSPS) is 55.6. The van der Waals surface area contributed by atoms with Gasteiger partial charge in [0.1, 0.15) is 17.3 Å². The van der Waals surface area contributed by atoms with Gasteiger partial charge in [0, 0.05) is 19.3 Å². The molecule has 2 saturated heterocycles. The topological polar surface area (TPSA) is 105 Å². The van der Waals surface area contributed by atoms with Crippen molar-refractivity contribution in [3.8, 4) is 0 Å².